The fourth-order valence-electron chi connectivity index (χ4n) is 4.32. The highest BCUT2D eigenvalue weighted by atomic mass is 32.1. The lowest BCUT2D eigenvalue weighted by molar-refractivity contribution is -0.938. The van der Waals surface area contributed by atoms with E-state index in [1.807, 2.05) is 31.2 Å². The molecule has 0 spiro atoms. The lowest BCUT2D eigenvalue weighted by Gasteiger charge is -2.32. The number of amides is 3. The van der Waals surface area contributed by atoms with E-state index in [1.54, 1.807) is 18.4 Å². The zero-order valence-corrected chi connectivity index (χ0v) is 18.0. The topological polar surface area (TPSA) is 63.1 Å². The van der Waals surface area contributed by atoms with Crippen LogP contribution in [0, 0.1) is 0 Å². The summed E-state index contributed by atoms with van der Waals surface area (Å²) < 4.78 is 5.19. The van der Waals surface area contributed by atoms with E-state index in [2.05, 4.69) is 23.7 Å². The summed E-state index contributed by atoms with van der Waals surface area (Å²) in [6.07, 6.45) is 2.29. The normalized spacial score (nSPS) is 26.4. The van der Waals surface area contributed by atoms with Crippen molar-refractivity contribution in [1.29, 1.82) is 0 Å². The molecule has 0 aliphatic carbocycles. The average Bonchev–Trinajstić information content (AvgIpc) is 3.28. The molecule has 2 aliphatic heterocycles. The maximum atomic E-state index is 13.1. The lowest BCUT2D eigenvalue weighted by Crippen LogP contribution is -3.14. The van der Waals surface area contributed by atoms with Gasteiger partial charge in [0.15, 0.2) is 6.67 Å². The van der Waals surface area contributed by atoms with Gasteiger partial charge in [0, 0.05) is 16.9 Å². The lowest BCUT2D eigenvalue weighted by atomic mass is 9.93. The van der Waals surface area contributed by atoms with Crippen molar-refractivity contribution in [1.82, 2.24) is 10.2 Å². The minimum absolute atomic E-state index is 0.119. The molecule has 0 bridgehead atoms. The third-order valence-electron chi connectivity index (χ3n) is 6.31. The number of nitrogens with one attached hydrogen (secondary N) is 2. The molecule has 29 heavy (non-hydrogen) atoms. The summed E-state index contributed by atoms with van der Waals surface area (Å²) >= 11 is 1.80. The Labute approximate surface area is 175 Å². The van der Waals surface area contributed by atoms with Crippen LogP contribution in [0.15, 0.2) is 35.7 Å². The summed E-state index contributed by atoms with van der Waals surface area (Å²) in [6.45, 7) is 5.37. The first-order valence-electron chi connectivity index (χ1n) is 10.1. The number of hydrogen-bond acceptors (Lipinski definition) is 4. The number of imide groups is 1. The number of carbonyl (C=O) groups excluding carboxylic acids is 2. The maximum absolute atomic E-state index is 13.1. The van der Waals surface area contributed by atoms with Crippen molar-refractivity contribution in [2.75, 3.05) is 20.3 Å². The zero-order chi connectivity index (χ0) is 20.6. The number of hydrogen-bond donors (Lipinski definition) is 2. The number of aryl methyl sites for hydroxylation is 1. The van der Waals surface area contributed by atoms with E-state index in [4.69, 9.17) is 4.74 Å². The highest BCUT2D eigenvalue weighted by Crippen LogP contribution is 2.26. The van der Waals surface area contributed by atoms with Gasteiger partial charge in [-0.1, -0.05) is 12.1 Å². The number of ether oxygens (including phenoxy) is 1. The van der Waals surface area contributed by atoms with Crippen LogP contribution >= 0.6 is 11.3 Å². The van der Waals surface area contributed by atoms with E-state index in [-0.39, 0.29) is 18.0 Å². The SMILES string of the molecule is COc1ccc(CC[C@@]2(C)NC(=O)N(C[NH+]3CCc4sccc4[C@H]3C)C2=O)cc1. The van der Waals surface area contributed by atoms with Crippen molar-refractivity contribution < 1.29 is 19.2 Å². The maximum Gasteiger partial charge on any atom is 0.329 e. The van der Waals surface area contributed by atoms with E-state index in [0.717, 1.165) is 24.3 Å². The van der Waals surface area contributed by atoms with Crippen LogP contribution in [0.2, 0.25) is 0 Å². The second-order valence-corrected chi connectivity index (χ2v) is 9.18. The van der Waals surface area contributed by atoms with Crippen molar-refractivity contribution in [2.24, 2.45) is 0 Å². The number of quaternary nitrogens is 1. The Kier molecular flexibility index (Phi) is 5.36. The van der Waals surface area contributed by atoms with E-state index in [9.17, 15) is 9.59 Å². The van der Waals surface area contributed by atoms with Crippen molar-refractivity contribution in [2.45, 2.75) is 44.7 Å². The first-order valence-corrected chi connectivity index (χ1v) is 11.0. The van der Waals surface area contributed by atoms with E-state index in [1.165, 1.54) is 20.2 Å². The summed E-state index contributed by atoms with van der Waals surface area (Å²) in [5.41, 5.74) is 1.61. The van der Waals surface area contributed by atoms with E-state index >= 15 is 0 Å². The van der Waals surface area contributed by atoms with Gasteiger partial charge < -0.3 is 15.0 Å². The first-order chi connectivity index (χ1) is 13.9. The number of benzene rings is 1. The van der Waals surface area contributed by atoms with Crippen LogP contribution in [0.5, 0.6) is 5.75 Å². The fraction of sp³-hybridized carbons (Fsp3) is 0.455. The molecule has 0 saturated carbocycles. The van der Waals surface area contributed by atoms with Gasteiger partial charge in [-0.25, -0.2) is 9.69 Å². The van der Waals surface area contributed by atoms with Crippen LogP contribution in [-0.2, 0) is 17.6 Å². The van der Waals surface area contributed by atoms with Crippen LogP contribution in [0.1, 0.15) is 42.3 Å². The largest absolute Gasteiger partial charge is 0.497 e. The van der Waals surface area contributed by atoms with Gasteiger partial charge in [-0.05, 0) is 55.8 Å². The van der Waals surface area contributed by atoms with Crippen molar-refractivity contribution >= 4 is 23.3 Å². The van der Waals surface area contributed by atoms with Gasteiger partial charge in [0.2, 0.25) is 0 Å². The Morgan fingerprint density at radius 2 is 2.03 bits per heavy atom. The number of nitrogens with zero attached hydrogens (tertiary/aromatic N) is 1. The molecule has 2 aliphatic rings. The third-order valence-corrected chi connectivity index (χ3v) is 7.31. The Morgan fingerprint density at radius 1 is 1.28 bits per heavy atom. The smallest absolute Gasteiger partial charge is 0.329 e. The molecule has 0 radical (unpaired) electrons. The molecule has 2 N–H and O–H groups in total. The molecule has 1 aromatic heterocycles. The second kappa shape index (κ2) is 7.80. The molecular weight excluding hydrogens is 386 g/mol. The molecule has 2 aromatic rings. The molecule has 3 amide bonds. The predicted octanol–water partition coefficient (Wildman–Crippen LogP) is 2.16. The van der Waals surface area contributed by atoms with Crippen LogP contribution in [0.3, 0.4) is 0 Å². The second-order valence-electron chi connectivity index (χ2n) is 8.18. The zero-order valence-electron chi connectivity index (χ0n) is 17.2. The molecule has 1 saturated heterocycles. The molecule has 3 atom stereocenters. The van der Waals surface area contributed by atoms with Crippen LogP contribution in [0.25, 0.3) is 0 Å². The number of urea groups is 1. The third kappa shape index (κ3) is 3.76. The highest BCUT2D eigenvalue weighted by Gasteiger charge is 2.49. The fourth-order valence-corrected chi connectivity index (χ4v) is 5.30. The van der Waals surface area contributed by atoms with Gasteiger partial charge >= 0.3 is 6.03 Å². The Hall–Kier alpha value is -2.38. The quantitative estimate of drug-likeness (QED) is 0.712. The Bertz CT molecular complexity index is 910. The van der Waals surface area contributed by atoms with Crippen molar-refractivity contribution in [3.63, 3.8) is 0 Å². The molecule has 1 aromatic carbocycles. The molecule has 4 rings (SSSR count). The summed E-state index contributed by atoms with van der Waals surface area (Å²) in [6, 6.07) is 10.0. The highest BCUT2D eigenvalue weighted by molar-refractivity contribution is 7.10. The molecule has 7 heteroatoms. The van der Waals surface area contributed by atoms with Crippen LogP contribution in [0.4, 0.5) is 4.79 Å². The number of methoxy groups -OCH3 is 1. The molecule has 1 fully saturated rings. The van der Waals surface area contributed by atoms with Gasteiger partial charge in [0.05, 0.1) is 13.7 Å². The number of fused-ring (bicyclic) bond motifs is 1. The summed E-state index contributed by atoms with van der Waals surface area (Å²) in [5, 5.41) is 5.08. The van der Waals surface area contributed by atoms with Gasteiger partial charge in [-0.2, -0.15) is 0 Å². The molecular formula is C22H28N3O3S+. The van der Waals surface area contributed by atoms with Crippen LogP contribution in [-0.4, -0.2) is 42.7 Å². The van der Waals surface area contributed by atoms with Crippen LogP contribution < -0.4 is 15.0 Å². The summed E-state index contributed by atoms with van der Waals surface area (Å²) in [4.78, 5) is 29.9. The average molecular weight is 415 g/mol. The van der Waals surface area contributed by atoms with Crippen molar-refractivity contribution in [3.05, 3.63) is 51.7 Å². The molecule has 1 unspecified atom stereocenters. The van der Waals surface area contributed by atoms with Gasteiger partial charge in [0.1, 0.15) is 17.3 Å². The Balaban J connectivity index is 1.41. The first kappa shape index (κ1) is 19.9. The van der Waals surface area contributed by atoms with Crippen molar-refractivity contribution in [3.8, 4) is 5.75 Å². The standard InChI is InChI=1S/C22H27N3O3S/c1-15-18-10-13-29-19(18)9-12-24(15)14-25-20(26)22(2,23-21(25)27)11-8-16-4-6-17(28-3)7-5-16/h4-7,10,13,15H,8-9,11-12,14H2,1-3H3,(H,23,27)/p+1/t15-,22-/m1/s1. The number of rotatable bonds is 6. The van der Waals surface area contributed by atoms with Gasteiger partial charge in [-0.3, -0.25) is 4.79 Å². The number of thiophene rings is 1. The van der Waals surface area contributed by atoms with E-state index in [0.29, 0.717) is 19.5 Å². The summed E-state index contributed by atoms with van der Waals surface area (Å²) in [5.74, 6) is 0.690. The molecule has 154 valence electrons. The molecule has 3 heterocycles. The van der Waals surface area contributed by atoms with Gasteiger partial charge in [-0.15, -0.1) is 11.3 Å². The minimum Gasteiger partial charge on any atom is -0.497 e. The summed E-state index contributed by atoms with van der Waals surface area (Å²) in [7, 11) is 1.64. The number of carbonyl (C=O) groups is 2. The monoisotopic (exact) mass is 414 g/mol. The predicted molar refractivity (Wildman–Crippen MR) is 112 cm³/mol. The minimum atomic E-state index is -0.858. The Morgan fingerprint density at radius 3 is 2.76 bits per heavy atom. The van der Waals surface area contributed by atoms with Gasteiger partial charge in [0.25, 0.3) is 5.91 Å². The van der Waals surface area contributed by atoms with E-state index < -0.39 is 5.54 Å². The molecule has 6 nitrogen and oxygen atoms in total.